The number of allylic oxidation sites excluding steroid dienone is 3. The van der Waals surface area contributed by atoms with Crippen molar-refractivity contribution in [1.29, 1.82) is 0 Å². The SMILES string of the molecule is CC.CC(=O)C1=CCSC(C2CCN(C(=O)OCc3ccccc3)CC2)=C1.CCCC(C)C.CCCCC. The Balaban J connectivity index is 0.000000881. The molecule has 1 aromatic carbocycles. The molecular formula is C33H55NO3S. The van der Waals surface area contributed by atoms with Gasteiger partial charge in [0.15, 0.2) is 5.78 Å². The molecule has 5 heteroatoms. The summed E-state index contributed by atoms with van der Waals surface area (Å²) < 4.78 is 5.41. The van der Waals surface area contributed by atoms with Crippen molar-refractivity contribution in [2.75, 3.05) is 18.8 Å². The lowest BCUT2D eigenvalue weighted by Gasteiger charge is -2.33. The first-order valence-corrected chi connectivity index (χ1v) is 15.8. The van der Waals surface area contributed by atoms with Gasteiger partial charge in [-0.25, -0.2) is 4.79 Å². The van der Waals surface area contributed by atoms with E-state index in [0.29, 0.717) is 25.6 Å². The van der Waals surface area contributed by atoms with Crippen molar-refractivity contribution >= 4 is 23.6 Å². The largest absolute Gasteiger partial charge is 0.445 e. The maximum absolute atomic E-state index is 12.2. The topological polar surface area (TPSA) is 46.6 Å². The number of hydrogen-bond acceptors (Lipinski definition) is 4. The van der Waals surface area contributed by atoms with Gasteiger partial charge in [-0.15, -0.1) is 11.8 Å². The van der Waals surface area contributed by atoms with Crippen LogP contribution < -0.4 is 0 Å². The van der Waals surface area contributed by atoms with Crippen LogP contribution in [0, 0.1) is 11.8 Å². The smallest absolute Gasteiger partial charge is 0.410 e. The molecule has 1 fully saturated rings. The monoisotopic (exact) mass is 545 g/mol. The van der Waals surface area contributed by atoms with Gasteiger partial charge in [0.25, 0.3) is 0 Å². The van der Waals surface area contributed by atoms with E-state index < -0.39 is 0 Å². The number of Topliss-reactive ketones (excluding diaryl/α,β-unsaturated/α-hetero) is 1. The quantitative estimate of drug-likeness (QED) is 0.326. The maximum Gasteiger partial charge on any atom is 0.410 e. The average molecular weight is 546 g/mol. The summed E-state index contributed by atoms with van der Waals surface area (Å²) in [7, 11) is 0. The van der Waals surface area contributed by atoms with E-state index in [1.165, 1.54) is 37.0 Å². The Morgan fingerprint density at radius 1 is 1.00 bits per heavy atom. The third kappa shape index (κ3) is 16.1. The van der Waals surface area contributed by atoms with E-state index in [4.69, 9.17) is 4.74 Å². The minimum absolute atomic E-state index is 0.125. The number of thioether (sulfide) groups is 1. The zero-order valence-electron chi connectivity index (χ0n) is 25.6. The zero-order chi connectivity index (χ0) is 28.8. The molecule has 0 aliphatic carbocycles. The first-order valence-electron chi connectivity index (χ1n) is 14.8. The van der Waals surface area contributed by atoms with Crippen LogP contribution in [0.25, 0.3) is 0 Å². The highest BCUT2D eigenvalue weighted by Gasteiger charge is 2.27. The van der Waals surface area contributed by atoms with Crippen LogP contribution in [0.5, 0.6) is 0 Å². The minimum atomic E-state index is -0.239. The van der Waals surface area contributed by atoms with Crippen LogP contribution in [0.3, 0.4) is 0 Å². The van der Waals surface area contributed by atoms with Crippen LogP contribution in [0.4, 0.5) is 4.79 Å². The van der Waals surface area contributed by atoms with E-state index in [0.717, 1.165) is 35.6 Å². The highest BCUT2D eigenvalue weighted by molar-refractivity contribution is 8.03. The second-order valence-electron chi connectivity index (χ2n) is 9.91. The molecule has 216 valence electrons. The molecule has 0 spiro atoms. The number of likely N-dealkylation sites (tertiary alicyclic amines) is 1. The summed E-state index contributed by atoms with van der Waals surface area (Å²) in [6.07, 6.45) is 12.4. The molecule has 1 amide bonds. The number of nitrogens with zero attached hydrogens (tertiary/aromatic N) is 1. The zero-order valence-corrected chi connectivity index (χ0v) is 26.4. The molecule has 2 aliphatic rings. The number of benzene rings is 1. The van der Waals surface area contributed by atoms with Crippen LogP contribution in [-0.2, 0) is 16.1 Å². The van der Waals surface area contributed by atoms with Gasteiger partial charge >= 0.3 is 6.09 Å². The molecule has 0 saturated carbocycles. The Bertz CT molecular complexity index is 807. The number of amides is 1. The van der Waals surface area contributed by atoms with Crippen molar-refractivity contribution in [1.82, 2.24) is 4.90 Å². The molecule has 3 rings (SSSR count). The maximum atomic E-state index is 12.2. The molecule has 0 N–H and O–H groups in total. The summed E-state index contributed by atoms with van der Waals surface area (Å²) in [5.74, 6) is 2.32. The molecule has 0 atom stereocenters. The normalized spacial score (nSPS) is 14.9. The summed E-state index contributed by atoms with van der Waals surface area (Å²) in [6.45, 7) is 18.5. The van der Waals surface area contributed by atoms with Crippen molar-refractivity contribution in [3.8, 4) is 0 Å². The summed E-state index contributed by atoms with van der Waals surface area (Å²) in [6, 6.07) is 9.72. The second kappa shape index (κ2) is 22.9. The second-order valence-corrected chi connectivity index (χ2v) is 11.0. The lowest BCUT2D eigenvalue weighted by Crippen LogP contribution is -2.39. The molecule has 0 radical (unpaired) electrons. The molecule has 0 aromatic heterocycles. The van der Waals surface area contributed by atoms with Crippen LogP contribution in [-0.4, -0.2) is 35.6 Å². The van der Waals surface area contributed by atoms with Crippen molar-refractivity contribution < 1.29 is 14.3 Å². The number of piperidine rings is 1. The van der Waals surface area contributed by atoms with E-state index in [2.05, 4.69) is 34.6 Å². The van der Waals surface area contributed by atoms with Gasteiger partial charge in [0.1, 0.15) is 6.61 Å². The lowest BCUT2D eigenvalue weighted by atomic mass is 9.95. The van der Waals surface area contributed by atoms with Crippen LogP contribution in [0.1, 0.15) is 106 Å². The number of hydrogen-bond donors (Lipinski definition) is 0. The van der Waals surface area contributed by atoms with Crippen LogP contribution >= 0.6 is 11.8 Å². The van der Waals surface area contributed by atoms with E-state index in [1.54, 1.807) is 23.6 Å². The molecule has 4 nitrogen and oxygen atoms in total. The fourth-order valence-electron chi connectivity index (χ4n) is 4.05. The third-order valence-electron chi connectivity index (χ3n) is 6.19. The third-order valence-corrected chi connectivity index (χ3v) is 7.31. The van der Waals surface area contributed by atoms with Crippen LogP contribution in [0.2, 0.25) is 0 Å². The number of carbonyl (C=O) groups is 2. The van der Waals surface area contributed by atoms with Crippen LogP contribution in [0.15, 0.2) is 53.0 Å². The van der Waals surface area contributed by atoms with Gasteiger partial charge in [-0.2, -0.15) is 0 Å². The number of unbranched alkanes of at least 4 members (excludes halogenated alkanes) is 2. The highest BCUT2D eigenvalue weighted by atomic mass is 32.2. The van der Waals surface area contributed by atoms with Crippen molar-refractivity contribution in [3.63, 3.8) is 0 Å². The standard InChI is InChI=1S/C20H23NO3S.C6H14.C5H12.C2H6/c1-15(22)18-9-12-25-19(13-18)17-7-10-21(11-8-17)20(23)24-14-16-5-3-2-4-6-16;1-4-5-6(2)3;1-3-5-4-2;1-2/h2-6,9,13,17H,7-8,10-12,14H2,1H3;6H,4-5H2,1-3H3;3-5H2,1-2H3;1-2H3. The fraction of sp³-hybridized carbons (Fsp3) is 0.636. The van der Waals surface area contributed by atoms with Crippen molar-refractivity contribution in [2.24, 2.45) is 11.8 Å². The first kappa shape index (κ1) is 36.0. The predicted octanol–water partition coefficient (Wildman–Crippen LogP) is 9.85. The number of ketones is 1. The van der Waals surface area contributed by atoms with Crippen molar-refractivity contribution in [3.05, 3.63) is 58.5 Å². The summed E-state index contributed by atoms with van der Waals surface area (Å²) in [5, 5.41) is 0. The van der Waals surface area contributed by atoms with E-state index >= 15 is 0 Å². The molecular weight excluding hydrogens is 490 g/mol. The fourth-order valence-corrected chi connectivity index (χ4v) is 5.19. The summed E-state index contributed by atoms with van der Waals surface area (Å²) in [5.41, 5.74) is 1.82. The average Bonchev–Trinajstić information content (AvgIpc) is 2.94. The van der Waals surface area contributed by atoms with Gasteiger partial charge in [0.2, 0.25) is 0 Å². The van der Waals surface area contributed by atoms with Gasteiger partial charge < -0.3 is 9.64 Å². The van der Waals surface area contributed by atoms with Gasteiger partial charge in [0, 0.05) is 24.4 Å². The van der Waals surface area contributed by atoms with E-state index in [9.17, 15) is 9.59 Å². The van der Waals surface area contributed by atoms with Crippen molar-refractivity contribution in [2.45, 2.75) is 107 Å². The molecule has 0 unspecified atom stereocenters. The highest BCUT2D eigenvalue weighted by Crippen LogP contribution is 2.36. The number of rotatable bonds is 8. The lowest BCUT2D eigenvalue weighted by molar-refractivity contribution is -0.113. The van der Waals surface area contributed by atoms with E-state index in [-0.39, 0.29) is 11.9 Å². The predicted molar refractivity (Wildman–Crippen MR) is 167 cm³/mol. The molecule has 1 saturated heterocycles. The van der Waals surface area contributed by atoms with Gasteiger partial charge in [-0.3, -0.25) is 4.79 Å². The number of carbonyl (C=O) groups excluding carboxylic acids is 2. The Hall–Kier alpha value is -2.01. The Kier molecular flexibility index (Phi) is 21.7. The van der Waals surface area contributed by atoms with E-state index in [1.807, 2.05) is 56.3 Å². The first-order chi connectivity index (χ1) is 18.3. The summed E-state index contributed by atoms with van der Waals surface area (Å²) >= 11 is 1.81. The molecule has 2 aliphatic heterocycles. The Morgan fingerprint density at radius 2 is 1.61 bits per heavy atom. The Morgan fingerprint density at radius 3 is 2.05 bits per heavy atom. The molecule has 1 aromatic rings. The molecule has 0 bridgehead atoms. The Labute approximate surface area is 238 Å². The summed E-state index contributed by atoms with van der Waals surface area (Å²) in [4.78, 5) is 26.9. The molecule has 2 heterocycles. The van der Waals surface area contributed by atoms with Gasteiger partial charge in [-0.05, 0) is 48.1 Å². The van der Waals surface area contributed by atoms with Gasteiger partial charge in [0.05, 0.1) is 0 Å². The van der Waals surface area contributed by atoms with Gasteiger partial charge in [-0.1, -0.05) is 117 Å². The molecule has 38 heavy (non-hydrogen) atoms. The minimum Gasteiger partial charge on any atom is -0.445 e. The number of ether oxygens (including phenoxy) is 1.